The first-order valence-corrected chi connectivity index (χ1v) is 8.07. The average molecular weight is 390 g/mol. The van der Waals surface area contributed by atoms with E-state index in [1.165, 1.54) is 4.88 Å². The van der Waals surface area contributed by atoms with E-state index in [-0.39, 0.29) is 18.3 Å². The maximum absolute atomic E-state index is 11.9. The Morgan fingerprint density at radius 3 is 2.57 bits per heavy atom. The van der Waals surface area contributed by atoms with E-state index in [0.717, 1.165) is 15.8 Å². The van der Waals surface area contributed by atoms with Crippen LogP contribution in [0.25, 0.3) is 0 Å². The van der Waals surface area contributed by atoms with Crippen LogP contribution < -0.4 is 11.1 Å². The van der Waals surface area contributed by atoms with E-state index < -0.39 is 6.04 Å². The Bertz CT molecular complexity index is 562. The minimum atomic E-state index is -0.493. The van der Waals surface area contributed by atoms with Crippen molar-refractivity contribution in [1.29, 1.82) is 0 Å². The standard InChI is InChI=1S/C15H17BrN2OS.ClH/c16-14-7-6-12(20-14)8-9-18-15(19)13(17)10-11-4-2-1-3-5-11;/h1-7,13H,8-10,17H2,(H,18,19);1H. The summed E-state index contributed by atoms with van der Waals surface area (Å²) in [6.07, 6.45) is 1.40. The van der Waals surface area contributed by atoms with Crippen LogP contribution in [0.1, 0.15) is 10.4 Å². The molecule has 0 saturated carbocycles. The molecule has 1 heterocycles. The largest absolute Gasteiger partial charge is 0.354 e. The van der Waals surface area contributed by atoms with Gasteiger partial charge in [-0.05, 0) is 46.5 Å². The first kappa shape index (κ1) is 18.2. The third-order valence-electron chi connectivity index (χ3n) is 2.93. The van der Waals surface area contributed by atoms with E-state index in [4.69, 9.17) is 5.73 Å². The van der Waals surface area contributed by atoms with Gasteiger partial charge in [-0.25, -0.2) is 0 Å². The fraction of sp³-hybridized carbons (Fsp3) is 0.267. The molecule has 1 amide bonds. The van der Waals surface area contributed by atoms with Crippen LogP contribution in [0.5, 0.6) is 0 Å². The molecule has 2 rings (SSSR count). The molecule has 6 heteroatoms. The van der Waals surface area contributed by atoms with Crippen molar-refractivity contribution >= 4 is 45.6 Å². The molecule has 1 atom stereocenters. The van der Waals surface area contributed by atoms with E-state index in [0.29, 0.717) is 13.0 Å². The molecule has 0 aliphatic carbocycles. The van der Waals surface area contributed by atoms with Gasteiger partial charge in [-0.3, -0.25) is 4.79 Å². The van der Waals surface area contributed by atoms with E-state index in [2.05, 4.69) is 27.3 Å². The van der Waals surface area contributed by atoms with Gasteiger partial charge in [0.2, 0.25) is 5.91 Å². The van der Waals surface area contributed by atoms with Gasteiger partial charge in [0, 0.05) is 11.4 Å². The zero-order valence-electron chi connectivity index (χ0n) is 11.4. The number of rotatable bonds is 6. The summed E-state index contributed by atoms with van der Waals surface area (Å²) in [4.78, 5) is 13.1. The van der Waals surface area contributed by atoms with Crippen LogP contribution in [0.3, 0.4) is 0 Å². The van der Waals surface area contributed by atoms with E-state index in [1.54, 1.807) is 11.3 Å². The summed E-state index contributed by atoms with van der Waals surface area (Å²) in [5.74, 6) is -0.0931. The van der Waals surface area contributed by atoms with Crippen LogP contribution in [0.4, 0.5) is 0 Å². The van der Waals surface area contributed by atoms with Crippen LogP contribution in [0.15, 0.2) is 46.3 Å². The second-order valence-corrected chi connectivity index (χ2v) is 7.09. The summed E-state index contributed by atoms with van der Waals surface area (Å²) in [6.45, 7) is 0.619. The Balaban J connectivity index is 0.00000220. The highest BCUT2D eigenvalue weighted by molar-refractivity contribution is 9.11. The Kier molecular flexibility index (Phi) is 7.96. The number of carbonyl (C=O) groups is 1. The van der Waals surface area contributed by atoms with E-state index >= 15 is 0 Å². The maximum atomic E-state index is 11.9. The lowest BCUT2D eigenvalue weighted by Gasteiger charge is -2.12. The lowest BCUT2D eigenvalue weighted by Crippen LogP contribution is -2.42. The molecule has 0 aliphatic rings. The highest BCUT2D eigenvalue weighted by atomic mass is 79.9. The molecule has 0 bridgehead atoms. The second-order valence-electron chi connectivity index (χ2n) is 4.54. The Hall–Kier alpha value is -0.880. The van der Waals surface area contributed by atoms with Gasteiger partial charge in [0.05, 0.1) is 9.83 Å². The lowest BCUT2D eigenvalue weighted by atomic mass is 10.1. The Morgan fingerprint density at radius 1 is 1.24 bits per heavy atom. The van der Waals surface area contributed by atoms with Crippen molar-refractivity contribution in [2.75, 3.05) is 6.54 Å². The molecule has 2 aromatic rings. The third-order valence-corrected chi connectivity index (χ3v) is 4.62. The van der Waals surface area contributed by atoms with Crippen molar-refractivity contribution < 1.29 is 4.79 Å². The number of nitrogens with two attached hydrogens (primary N) is 1. The molecule has 0 saturated heterocycles. The molecule has 1 aromatic heterocycles. The molecule has 1 unspecified atom stereocenters. The number of hydrogen-bond donors (Lipinski definition) is 2. The van der Waals surface area contributed by atoms with E-state index in [9.17, 15) is 4.79 Å². The molecule has 114 valence electrons. The highest BCUT2D eigenvalue weighted by Crippen LogP contribution is 2.22. The predicted octanol–water partition coefficient (Wildman–Crippen LogP) is 3.16. The normalized spacial score (nSPS) is 11.5. The molecule has 0 fully saturated rings. The first-order chi connectivity index (χ1) is 9.65. The zero-order chi connectivity index (χ0) is 14.4. The molecular weight excluding hydrogens is 372 g/mol. The van der Waals surface area contributed by atoms with Gasteiger partial charge in [0.15, 0.2) is 0 Å². The van der Waals surface area contributed by atoms with Crippen LogP contribution >= 0.6 is 39.7 Å². The minimum Gasteiger partial charge on any atom is -0.354 e. The number of halogens is 2. The van der Waals surface area contributed by atoms with Crippen molar-refractivity contribution in [2.24, 2.45) is 5.73 Å². The monoisotopic (exact) mass is 388 g/mol. The topological polar surface area (TPSA) is 55.1 Å². The molecule has 1 aromatic carbocycles. The predicted molar refractivity (Wildman–Crippen MR) is 94.1 cm³/mol. The summed E-state index contributed by atoms with van der Waals surface area (Å²) in [5, 5.41) is 2.89. The number of thiophene rings is 1. The SMILES string of the molecule is Cl.NC(Cc1ccccc1)C(=O)NCCc1ccc(Br)s1. The van der Waals surface area contributed by atoms with E-state index in [1.807, 2.05) is 36.4 Å². The van der Waals surface area contributed by atoms with Crippen LogP contribution in [0, 0.1) is 0 Å². The first-order valence-electron chi connectivity index (χ1n) is 6.46. The number of carbonyl (C=O) groups excluding carboxylic acids is 1. The van der Waals surface area contributed by atoms with Gasteiger partial charge in [0.1, 0.15) is 0 Å². The molecule has 0 aliphatic heterocycles. The number of amides is 1. The highest BCUT2D eigenvalue weighted by Gasteiger charge is 2.13. The molecule has 3 nitrogen and oxygen atoms in total. The number of nitrogens with one attached hydrogen (secondary N) is 1. The summed E-state index contributed by atoms with van der Waals surface area (Å²) in [6, 6.07) is 13.4. The molecule has 0 radical (unpaired) electrons. The summed E-state index contributed by atoms with van der Waals surface area (Å²) in [5.41, 5.74) is 7.00. The fourth-order valence-corrected chi connectivity index (χ4v) is 3.37. The van der Waals surface area contributed by atoms with Gasteiger partial charge in [-0.2, -0.15) is 0 Å². The molecular formula is C15H18BrClN2OS. The Labute approximate surface area is 143 Å². The number of benzene rings is 1. The second kappa shape index (κ2) is 9.20. The smallest absolute Gasteiger partial charge is 0.237 e. The molecule has 3 N–H and O–H groups in total. The molecule has 21 heavy (non-hydrogen) atoms. The van der Waals surface area contributed by atoms with Crippen LogP contribution in [0.2, 0.25) is 0 Å². The minimum absolute atomic E-state index is 0. The average Bonchev–Trinajstić information content (AvgIpc) is 2.85. The van der Waals surface area contributed by atoms with Gasteiger partial charge in [0.25, 0.3) is 0 Å². The maximum Gasteiger partial charge on any atom is 0.237 e. The molecule has 0 spiro atoms. The summed E-state index contributed by atoms with van der Waals surface area (Å²) in [7, 11) is 0. The van der Waals surface area contributed by atoms with Gasteiger partial charge >= 0.3 is 0 Å². The van der Waals surface area contributed by atoms with Crippen molar-refractivity contribution in [1.82, 2.24) is 5.32 Å². The van der Waals surface area contributed by atoms with Crippen molar-refractivity contribution in [3.63, 3.8) is 0 Å². The lowest BCUT2D eigenvalue weighted by molar-refractivity contribution is -0.122. The quantitative estimate of drug-likeness (QED) is 0.797. The summed E-state index contributed by atoms with van der Waals surface area (Å²) < 4.78 is 1.11. The van der Waals surface area contributed by atoms with Crippen LogP contribution in [-0.4, -0.2) is 18.5 Å². The fourth-order valence-electron chi connectivity index (χ4n) is 1.89. The van der Waals surface area contributed by atoms with Crippen LogP contribution in [-0.2, 0) is 17.6 Å². The van der Waals surface area contributed by atoms with Gasteiger partial charge in [-0.15, -0.1) is 23.7 Å². The van der Waals surface area contributed by atoms with Crippen molar-refractivity contribution in [3.8, 4) is 0 Å². The van der Waals surface area contributed by atoms with Crippen molar-refractivity contribution in [3.05, 3.63) is 56.7 Å². The summed E-state index contributed by atoms with van der Waals surface area (Å²) >= 11 is 5.11. The Morgan fingerprint density at radius 2 is 1.95 bits per heavy atom. The van der Waals surface area contributed by atoms with Gasteiger partial charge in [-0.1, -0.05) is 30.3 Å². The zero-order valence-corrected chi connectivity index (χ0v) is 14.6. The number of hydrogen-bond acceptors (Lipinski definition) is 3. The van der Waals surface area contributed by atoms with Crippen molar-refractivity contribution in [2.45, 2.75) is 18.9 Å². The third kappa shape index (κ3) is 6.18. The van der Waals surface area contributed by atoms with Gasteiger partial charge < -0.3 is 11.1 Å².